The number of anilines is 1. The van der Waals surface area contributed by atoms with Gasteiger partial charge in [0.05, 0.1) is 0 Å². The quantitative estimate of drug-likeness (QED) is 0.427. The summed E-state index contributed by atoms with van der Waals surface area (Å²) >= 11 is 0. The van der Waals surface area contributed by atoms with Crippen LogP contribution in [0.5, 0.6) is 0 Å². The second-order valence-corrected chi connectivity index (χ2v) is 3.45. The zero-order chi connectivity index (χ0) is 9.19. The predicted molar refractivity (Wildman–Crippen MR) is 45.3 cm³/mol. The van der Waals surface area contributed by atoms with Crippen molar-refractivity contribution >= 4 is 16.1 Å². The molecule has 0 bridgehead atoms. The van der Waals surface area contributed by atoms with Gasteiger partial charge in [-0.1, -0.05) is 6.07 Å². The van der Waals surface area contributed by atoms with Crippen LogP contribution < -0.4 is 34.3 Å². The Bertz CT molecular complexity index is 367. The minimum Gasteiger partial charge on any atom is -1.00 e. The topological polar surface area (TPSA) is 79.3 Å². The fourth-order valence-corrected chi connectivity index (χ4v) is 1.05. The van der Waals surface area contributed by atoms with Gasteiger partial charge in [0.1, 0.15) is 5.82 Å². The van der Waals surface area contributed by atoms with Crippen LogP contribution in [0.3, 0.4) is 0 Å². The third-order valence-corrected chi connectivity index (χ3v) is 1.61. The van der Waals surface area contributed by atoms with Gasteiger partial charge in [-0.2, -0.15) is 8.42 Å². The van der Waals surface area contributed by atoms with Gasteiger partial charge in [0.2, 0.25) is 0 Å². The SMILES string of the molecule is Cc1ccc(NS(=O)(=O)O)nc1.[H-].[Na+]. The van der Waals surface area contributed by atoms with Crippen LogP contribution in [0.4, 0.5) is 5.82 Å². The summed E-state index contributed by atoms with van der Waals surface area (Å²) in [6.07, 6.45) is 1.49. The standard InChI is InChI=1S/C6H8N2O3S.Na.H/c1-5-2-3-6(7-4-5)8-12(9,10)11;;/h2-4H,1H3,(H,7,8)(H,9,10,11);;/q;+1;-1. The fraction of sp³-hybridized carbons (Fsp3) is 0.167. The largest absolute Gasteiger partial charge is 1.00 e. The summed E-state index contributed by atoms with van der Waals surface area (Å²) in [6.45, 7) is 1.82. The van der Waals surface area contributed by atoms with Gasteiger partial charge in [-0.05, 0) is 18.6 Å². The summed E-state index contributed by atoms with van der Waals surface area (Å²) in [6, 6.07) is 3.14. The molecule has 0 aliphatic rings. The molecule has 0 amide bonds. The zero-order valence-electron chi connectivity index (χ0n) is 8.35. The monoisotopic (exact) mass is 212 g/mol. The molecule has 0 radical (unpaired) electrons. The van der Waals surface area contributed by atoms with Crippen molar-refractivity contribution in [3.63, 3.8) is 0 Å². The summed E-state index contributed by atoms with van der Waals surface area (Å²) in [5, 5.41) is 0. The summed E-state index contributed by atoms with van der Waals surface area (Å²) in [4.78, 5) is 3.71. The molecule has 0 saturated heterocycles. The van der Waals surface area contributed by atoms with E-state index in [4.69, 9.17) is 4.55 Å². The third kappa shape index (κ3) is 5.22. The molecule has 0 spiro atoms. The van der Waals surface area contributed by atoms with E-state index in [1.165, 1.54) is 12.3 Å². The fourth-order valence-electron chi connectivity index (χ4n) is 0.660. The van der Waals surface area contributed by atoms with Crippen molar-refractivity contribution in [3.05, 3.63) is 23.9 Å². The Balaban J connectivity index is 0. The van der Waals surface area contributed by atoms with Crippen molar-refractivity contribution in [1.82, 2.24) is 4.98 Å². The summed E-state index contributed by atoms with van der Waals surface area (Å²) < 4.78 is 30.8. The van der Waals surface area contributed by atoms with E-state index in [1.54, 1.807) is 6.07 Å². The third-order valence-electron chi connectivity index (χ3n) is 1.14. The molecule has 0 saturated carbocycles. The molecule has 0 aromatic carbocycles. The zero-order valence-corrected chi connectivity index (χ0v) is 10.2. The number of hydrogen-bond acceptors (Lipinski definition) is 3. The Morgan fingerprint density at radius 3 is 2.54 bits per heavy atom. The van der Waals surface area contributed by atoms with Gasteiger partial charge in [0.25, 0.3) is 0 Å². The molecule has 1 heterocycles. The molecule has 1 rings (SSSR count). The molecule has 1 aromatic rings. The van der Waals surface area contributed by atoms with Crippen molar-refractivity contribution < 1.29 is 44.0 Å². The molecule has 2 N–H and O–H groups in total. The second-order valence-electron chi connectivity index (χ2n) is 2.30. The van der Waals surface area contributed by atoms with E-state index in [0.29, 0.717) is 0 Å². The molecule has 68 valence electrons. The number of aryl methyl sites for hydroxylation is 1. The van der Waals surface area contributed by atoms with Crippen molar-refractivity contribution in [1.29, 1.82) is 0 Å². The first-order valence-corrected chi connectivity index (χ1v) is 4.59. The van der Waals surface area contributed by atoms with Crippen molar-refractivity contribution in [2.75, 3.05) is 4.72 Å². The minimum atomic E-state index is -4.20. The van der Waals surface area contributed by atoms with E-state index < -0.39 is 10.3 Å². The summed E-state index contributed by atoms with van der Waals surface area (Å²) in [5.74, 6) is 0.100. The number of aromatic nitrogens is 1. The molecular formula is C6H9N2NaO3S. The first-order valence-electron chi connectivity index (χ1n) is 3.15. The van der Waals surface area contributed by atoms with E-state index in [-0.39, 0.29) is 36.8 Å². The van der Waals surface area contributed by atoms with Gasteiger partial charge >= 0.3 is 39.9 Å². The molecule has 0 fully saturated rings. The Hall–Kier alpha value is -0.140. The van der Waals surface area contributed by atoms with Crippen LogP contribution in [-0.2, 0) is 10.3 Å². The average molecular weight is 212 g/mol. The molecule has 0 aliphatic carbocycles. The van der Waals surface area contributed by atoms with Crippen LogP contribution in [0.15, 0.2) is 18.3 Å². The van der Waals surface area contributed by atoms with E-state index in [2.05, 4.69) is 4.98 Å². The minimum absolute atomic E-state index is 0. The molecular weight excluding hydrogens is 203 g/mol. The Labute approximate surface area is 100 Å². The van der Waals surface area contributed by atoms with E-state index >= 15 is 0 Å². The summed E-state index contributed by atoms with van der Waals surface area (Å²) in [7, 11) is -4.20. The first kappa shape index (κ1) is 12.9. The Morgan fingerprint density at radius 1 is 1.54 bits per heavy atom. The second kappa shape index (κ2) is 4.92. The van der Waals surface area contributed by atoms with Crippen LogP contribution in [0.25, 0.3) is 0 Å². The molecule has 0 unspecified atom stereocenters. The van der Waals surface area contributed by atoms with Crippen molar-refractivity contribution in [3.8, 4) is 0 Å². The van der Waals surface area contributed by atoms with Crippen molar-refractivity contribution in [2.24, 2.45) is 0 Å². The van der Waals surface area contributed by atoms with Crippen LogP contribution in [-0.4, -0.2) is 18.0 Å². The van der Waals surface area contributed by atoms with Crippen LogP contribution in [0.2, 0.25) is 0 Å². The van der Waals surface area contributed by atoms with Crippen LogP contribution in [0.1, 0.15) is 6.99 Å². The molecule has 0 atom stereocenters. The molecule has 5 nitrogen and oxygen atoms in total. The Morgan fingerprint density at radius 2 is 2.15 bits per heavy atom. The van der Waals surface area contributed by atoms with Crippen molar-refractivity contribution in [2.45, 2.75) is 6.92 Å². The maximum Gasteiger partial charge on any atom is 1.00 e. The van der Waals surface area contributed by atoms with E-state index in [0.717, 1.165) is 5.56 Å². The van der Waals surface area contributed by atoms with Crippen LogP contribution in [0, 0.1) is 6.92 Å². The van der Waals surface area contributed by atoms with E-state index in [9.17, 15) is 8.42 Å². The number of hydrogen-bond donors (Lipinski definition) is 2. The summed E-state index contributed by atoms with van der Waals surface area (Å²) in [5.41, 5.74) is 0.913. The van der Waals surface area contributed by atoms with Gasteiger partial charge in [-0.25, -0.2) is 9.71 Å². The number of nitrogens with zero attached hydrogens (tertiary/aromatic N) is 1. The van der Waals surface area contributed by atoms with Gasteiger partial charge < -0.3 is 1.43 Å². The Kier molecular flexibility index (Phi) is 4.87. The maximum absolute atomic E-state index is 10.3. The van der Waals surface area contributed by atoms with Gasteiger partial charge in [-0.15, -0.1) is 0 Å². The predicted octanol–water partition coefficient (Wildman–Crippen LogP) is -2.28. The first-order chi connectivity index (χ1) is 5.47. The number of pyridine rings is 1. The number of nitrogens with one attached hydrogen (secondary N) is 1. The normalized spacial score (nSPS) is 10.3. The molecule has 13 heavy (non-hydrogen) atoms. The molecule has 7 heteroatoms. The van der Waals surface area contributed by atoms with Gasteiger partial charge in [0, 0.05) is 6.20 Å². The average Bonchev–Trinajstić information content (AvgIpc) is 1.91. The van der Waals surface area contributed by atoms with E-state index in [1.807, 2.05) is 11.6 Å². The smallest absolute Gasteiger partial charge is 1.00 e. The van der Waals surface area contributed by atoms with Gasteiger partial charge in [-0.3, -0.25) is 4.55 Å². The van der Waals surface area contributed by atoms with Crippen LogP contribution >= 0.6 is 0 Å². The number of rotatable bonds is 2. The van der Waals surface area contributed by atoms with Gasteiger partial charge in [0.15, 0.2) is 0 Å². The maximum atomic E-state index is 10.3. The molecule has 1 aromatic heterocycles. The molecule has 0 aliphatic heterocycles.